The second-order valence-corrected chi connectivity index (χ2v) is 9.18. The fourth-order valence-corrected chi connectivity index (χ4v) is 4.43. The molecule has 2 N–H and O–H groups in total. The zero-order valence-corrected chi connectivity index (χ0v) is 17.0. The van der Waals surface area contributed by atoms with E-state index in [-0.39, 0.29) is 22.9 Å². The predicted octanol–water partition coefficient (Wildman–Crippen LogP) is 1.39. The Bertz CT molecular complexity index is 796. The average Bonchev–Trinajstić information content (AvgIpc) is 2.74. The molecule has 1 saturated heterocycles. The van der Waals surface area contributed by atoms with Crippen LogP contribution in [-0.2, 0) is 10.0 Å². The van der Waals surface area contributed by atoms with Gasteiger partial charge in [0.2, 0.25) is 10.0 Å². The number of rotatable bonds is 4. The Morgan fingerprint density at radius 2 is 1.50 bits per heavy atom. The van der Waals surface area contributed by atoms with E-state index in [2.05, 4.69) is 10.0 Å². The first-order chi connectivity index (χ1) is 13.4. The van der Waals surface area contributed by atoms with E-state index >= 15 is 0 Å². The first kappa shape index (κ1) is 20.6. The van der Waals surface area contributed by atoms with Crippen LogP contribution >= 0.6 is 0 Å². The molecule has 1 aromatic carbocycles. The molecule has 1 aliphatic heterocycles. The number of nitrogens with zero attached hydrogens (tertiary/aromatic N) is 2. The Labute approximate surface area is 166 Å². The SMILES string of the molecule is CNS(=O)(=O)c1ccc(C(=O)N2CCN(C(=O)NC3CCCCC3)CC2)cc1. The Morgan fingerprint density at radius 3 is 2.07 bits per heavy atom. The molecule has 0 unspecified atom stereocenters. The molecule has 1 aliphatic carbocycles. The molecule has 0 bridgehead atoms. The standard InChI is InChI=1S/C19H28N4O4S/c1-20-28(26,27)17-9-7-15(8-10-17)18(24)22-11-13-23(14-12-22)19(25)21-16-5-3-2-4-6-16/h7-10,16,20H,2-6,11-14H2,1H3,(H,21,25). The van der Waals surface area contributed by atoms with E-state index in [1.165, 1.54) is 50.6 Å². The smallest absolute Gasteiger partial charge is 0.317 e. The van der Waals surface area contributed by atoms with E-state index in [0.717, 1.165) is 12.8 Å². The first-order valence-corrected chi connectivity index (χ1v) is 11.3. The van der Waals surface area contributed by atoms with Crippen LogP contribution < -0.4 is 10.0 Å². The van der Waals surface area contributed by atoms with Crippen LogP contribution in [0.4, 0.5) is 4.79 Å². The normalized spacial score (nSPS) is 18.8. The highest BCUT2D eigenvalue weighted by atomic mass is 32.2. The number of piperazine rings is 1. The molecule has 3 rings (SSSR count). The molecule has 1 saturated carbocycles. The molecule has 2 fully saturated rings. The van der Waals surface area contributed by atoms with Gasteiger partial charge in [-0.1, -0.05) is 19.3 Å². The summed E-state index contributed by atoms with van der Waals surface area (Å²) in [7, 11) is -2.18. The lowest BCUT2D eigenvalue weighted by molar-refractivity contribution is 0.0662. The molecule has 1 aromatic rings. The Hall–Kier alpha value is -2.13. The summed E-state index contributed by atoms with van der Waals surface area (Å²) in [6.45, 7) is 1.92. The Morgan fingerprint density at radius 1 is 0.929 bits per heavy atom. The summed E-state index contributed by atoms with van der Waals surface area (Å²) in [6, 6.07) is 6.12. The second kappa shape index (κ2) is 8.91. The van der Waals surface area contributed by atoms with Crippen LogP contribution in [-0.4, -0.2) is 69.4 Å². The number of benzene rings is 1. The monoisotopic (exact) mass is 408 g/mol. The maximum Gasteiger partial charge on any atom is 0.317 e. The maximum absolute atomic E-state index is 12.7. The summed E-state index contributed by atoms with van der Waals surface area (Å²) in [6.07, 6.45) is 5.67. The van der Waals surface area contributed by atoms with Gasteiger partial charge in [-0.3, -0.25) is 4.79 Å². The third-order valence-electron chi connectivity index (χ3n) is 5.47. The summed E-state index contributed by atoms with van der Waals surface area (Å²) in [5.74, 6) is -0.152. The predicted molar refractivity (Wildman–Crippen MR) is 106 cm³/mol. The highest BCUT2D eigenvalue weighted by molar-refractivity contribution is 7.89. The molecule has 0 spiro atoms. The van der Waals surface area contributed by atoms with Gasteiger partial charge in [0.15, 0.2) is 0 Å². The number of carbonyl (C=O) groups excluding carboxylic acids is 2. The van der Waals surface area contributed by atoms with Crippen molar-refractivity contribution >= 4 is 22.0 Å². The van der Waals surface area contributed by atoms with Crippen molar-refractivity contribution in [3.63, 3.8) is 0 Å². The maximum atomic E-state index is 12.7. The molecule has 3 amide bonds. The lowest BCUT2D eigenvalue weighted by Crippen LogP contribution is -2.54. The molecular weight excluding hydrogens is 380 g/mol. The van der Waals surface area contributed by atoms with E-state index in [4.69, 9.17) is 0 Å². The number of hydrogen-bond donors (Lipinski definition) is 2. The molecule has 2 aliphatic rings. The number of amides is 3. The zero-order valence-electron chi connectivity index (χ0n) is 16.2. The van der Waals surface area contributed by atoms with Crippen molar-refractivity contribution in [1.29, 1.82) is 0 Å². The molecule has 154 valence electrons. The number of hydrogen-bond acceptors (Lipinski definition) is 4. The zero-order chi connectivity index (χ0) is 20.1. The minimum absolute atomic E-state index is 0.0411. The average molecular weight is 409 g/mol. The minimum atomic E-state index is -3.52. The summed E-state index contributed by atoms with van der Waals surface area (Å²) in [5, 5.41) is 3.11. The molecule has 0 radical (unpaired) electrons. The van der Waals surface area contributed by atoms with E-state index in [9.17, 15) is 18.0 Å². The summed E-state index contributed by atoms with van der Waals surface area (Å²) < 4.78 is 25.8. The van der Waals surface area contributed by atoms with Gasteiger partial charge >= 0.3 is 6.03 Å². The quantitative estimate of drug-likeness (QED) is 0.787. The number of urea groups is 1. The van der Waals surface area contributed by atoms with Gasteiger partial charge in [-0.25, -0.2) is 17.9 Å². The van der Waals surface area contributed by atoms with Gasteiger partial charge < -0.3 is 15.1 Å². The van der Waals surface area contributed by atoms with E-state index < -0.39 is 10.0 Å². The molecule has 28 heavy (non-hydrogen) atoms. The van der Waals surface area contributed by atoms with Crippen molar-refractivity contribution in [1.82, 2.24) is 19.8 Å². The van der Waals surface area contributed by atoms with Crippen molar-refractivity contribution in [3.8, 4) is 0 Å². The molecule has 0 atom stereocenters. The van der Waals surface area contributed by atoms with Crippen molar-refractivity contribution < 1.29 is 18.0 Å². The molecule has 8 nitrogen and oxygen atoms in total. The number of sulfonamides is 1. The highest BCUT2D eigenvalue weighted by Gasteiger charge is 2.26. The minimum Gasteiger partial charge on any atom is -0.335 e. The van der Waals surface area contributed by atoms with Crippen LogP contribution in [0.25, 0.3) is 0 Å². The van der Waals surface area contributed by atoms with Gasteiger partial charge in [-0.15, -0.1) is 0 Å². The van der Waals surface area contributed by atoms with Crippen LogP contribution in [0, 0.1) is 0 Å². The second-order valence-electron chi connectivity index (χ2n) is 7.30. The first-order valence-electron chi connectivity index (χ1n) is 9.79. The van der Waals surface area contributed by atoms with E-state index in [0.29, 0.717) is 31.7 Å². The van der Waals surface area contributed by atoms with Gasteiger partial charge in [0.05, 0.1) is 4.90 Å². The third-order valence-corrected chi connectivity index (χ3v) is 6.90. The summed E-state index contributed by atoms with van der Waals surface area (Å²) >= 11 is 0. The number of nitrogens with one attached hydrogen (secondary N) is 2. The van der Waals surface area contributed by atoms with Crippen molar-refractivity contribution in [2.24, 2.45) is 0 Å². The summed E-state index contributed by atoms with van der Waals surface area (Å²) in [5.41, 5.74) is 0.440. The van der Waals surface area contributed by atoms with Crippen LogP contribution in [0.15, 0.2) is 29.2 Å². The lowest BCUT2D eigenvalue weighted by Gasteiger charge is -2.36. The fraction of sp³-hybridized carbons (Fsp3) is 0.579. The van der Waals surface area contributed by atoms with E-state index in [1.54, 1.807) is 9.80 Å². The fourth-order valence-electron chi connectivity index (χ4n) is 3.70. The van der Waals surface area contributed by atoms with Gasteiger partial charge in [0.1, 0.15) is 0 Å². The van der Waals surface area contributed by atoms with Crippen LogP contribution in [0.3, 0.4) is 0 Å². The van der Waals surface area contributed by atoms with Crippen molar-refractivity contribution in [3.05, 3.63) is 29.8 Å². The van der Waals surface area contributed by atoms with Crippen LogP contribution in [0.5, 0.6) is 0 Å². The van der Waals surface area contributed by atoms with Gasteiger partial charge in [0, 0.05) is 37.8 Å². The topological polar surface area (TPSA) is 98.8 Å². The summed E-state index contributed by atoms with van der Waals surface area (Å²) in [4.78, 5) is 28.7. The molecular formula is C19H28N4O4S. The van der Waals surface area contributed by atoms with Gasteiger partial charge in [-0.05, 0) is 44.2 Å². The van der Waals surface area contributed by atoms with E-state index in [1.807, 2.05) is 0 Å². The Balaban J connectivity index is 1.52. The van der Waals surface area contributed by atoms with Crippen molar-refractivity contribution in [2.75, 3.05) is 33.2 Å². The van der Waals surface area contributed by atoms with Crippen LogP contribution in [0.1, 0.15) is 42.5 Å². The lowest BCUT2D eigenvalue weighted by atomic mass is 9.96. The Kier molecular flexibility index (Phi) is 6.56. The molecule has 1 heterocycles. The van der Waals surface area contributed by atoms with Gasteiger partial charge in [-0.2, -0.15) is 0 Å². The highest BCUT2D eigenvalue weighted by Crippen LogP contribution is 2.18. The largest absolute Gasteiger partial charge is 0.335 e. The third kappa shape index (κ3) is 4.82. The molecule has 0 aromatic heterocycles. The van der Waals surface area contributed by atoms with Crippen molar-refractivity contribution in [2.45, 2.75) is 43.0 Å². The van der Waals surface area contributed by atoms with Crippen LogP contribution in [0.2, 0.25) is 0 Å². The molecule has 9 heteroatoms. The van der Waals surface area contributed by atoms with Gasteiger partial charge in [0.25, 0.3) is 5.91 Å². The number of carbonyl (C=O) groups is 2.